The van der Waals surface area contributed by atoms with Gasteiger partial charge in [0.25, 0.3) is 0 Å². The second-order valence-corrected chi connectivity index (χ2v) is 5.30. The van der Waals surface area contributed by atoms with Crippen LogP contribution in [0.2, 0.25) is 0 Å². The first kappa shape index (κ1) is 13.7. The van der Waals surface area contributed by atoms with E-state index >= 15 is 0 Å². The predicted molar refractivity (Wildman–Crippen MR) is 71.4 cm³/mol. The van der Waals surface area contributed by atoms with E-state index in [1.807, 2.05) is 19.1 Å². The number of benzene rings is 1. The fourth-order valence-corrected chi connectivity index (χ4v) is 1.83. The Labute approximate surface area is 106 Å². The van der Waals surface area contributed by atoms with E-state index in [-0.39, 0.29) is 12.5 Å². The summed E-state index contributed by atoms with van der Waals surface area (Å²) in [4.78, 5) is 0. The number of aliphatic hydroxyl groups excluding tert-OH is 1. The molecule has 0 radical (unpaired) electrons. The van der Waals surface area contributed by atoms with Gasteiger partial charge in [0.2, 0.25) is 0 Å². The zero-order chi connectivity index (χ0) is 12.1. The van der Waals surface area contributed by atoms with Crippen LogP contribution < -0.4 is 5.32 Å². The molecule has 0 aliphatic heterocycles. The van der Waals surface area contributed by atoms with Gasteiger partial charge in [-0.15, -0.1) is 0 Å². The third kappa shape index (κ3) is 3.89. The Kier molecular flexibility index (Phi) is 5.46. The monoisotopic (exact) mass is 285 g/mol. The maximum absolute atomic E-state index is 9.08. The summed E-state index contributed by atoms with van der Waals surface area (Å²) in [5.41, 5.74) is 1.26. The lowest BCUT2D eigenvalue weighted by atomic mass is 10.0. The van der Waals surface area contributed by atoms with Crippen LogP contribution in [-0.2, 0) is 0 Å². The van der Waals surface area contributed by atoms with E-state index in [2.05, 4.69) is 47.2 Å². The molecule has 0 spiro atoms. The SMILES string of the molecule is CC(NC(C)C(C)CO)c1ccc(Br)cc1. The Morgan fingerprint density at radius 2 is 1.75 bits per heavy atom. The number of hydrogen-bond acceptors (Lipinski definition) is 2. The largest absolute Gasteiger partial charge is 0.396 e. The fourth-order valence-electron chi connectivity index (χ4n) is 1.56. The van der Waals surface area contributed by atoms with Crippen molar-refractivity contribution < 1.29 is 5.11 Å². The molecule has 1 aromatic carbocycles. The van der Waals surface area contributed by atoms with Crippen molar-refractivity contribution in [2.24, 2.45) is 5.92 Å². The van der Waals surface area contributed by atoms with Crippen molar-refractivity contribution in [3.63, 3.8) is 0 Å². The summed E-state index contributed by atoms with van der Waals surface area (Å²) < 4.78 is 1.10. The Balaban J connectivity index is 2.58. The second kappa shape index (κ2) is 6.38. The van der Waals surface area contributed by atoms with E-state index in [1.165, 1.54) is 5.56 Å². The number of aliphatic hydroxyl groups is 1. The molecular formula is C13H20BrNO. The molecule has 0 aliphatic rings. The van der Waals surface area contributed by atoms with E-state index in [1.54, 1.807) is 0 Å². The summed E-state index contributed by atoms with van der Waals surface area (Å²) in [7, 11) is 0. The predicted octanol–water partition coefficient (Wildman–Crippen LogP) is 3.12. The van der Waals surface area contributed by atoms with E-state index in [0.717, 1.165) is 4.47 Å². The number of halogens is 1. The third-order valence-electron chi connectivity index (χ3n) is 3.02. The second-order valence-electron chi connectivity index (χ2n) is 4.39. The molecule has 3 atom stereocenters. The van der Waals surface area contributed by atoms with Crippen molar-refractivity contribution in [1.29, 1.82) is 0 Å². The molecule has 1 aromatic rings. The highest BCUT2D eigenvalue weighted by Crippen LogP contribution is 2.18. The van der Waals surface area contributed by atoms with E-state index in [4.69, 9.17) is 5.11 Å². The highest BCUT2D eigenvalue weighted by molar-refractivity contribution is 9.10. The van der Waals surface area contributed by atoms with Crippen molar-refractivity contribution in [3.8, 4) is 0 Å². The smallest absolute Gasteiger partial charge is 0.0471 e. The number of rotatable bonds is 5. The van der Waals surface area contributed by atoms with Crippen LogP contribution in [0.4, 0.5) is 0 Å². The van der Waals surface area contributed by atoms with E-state index in [9.17, 15) is 0 Å². The fraction of sp³-hybridized carbons (Fsp3) is 0.538. The minimum absolute atomic E-state index is 0.223. The van der Waals surface area contributed by atoms with Gasteiger partial charge >= 0.3 is 0 Å². The lowest BCUT2D eigenvalue weighted by Crippen LogP contribution is -2.35. The summed E-state index contributed by atoms with van der Waals surface area (Å²) in [6.45, 7) is 6.52. The van der Waals surface area contributed by atoms with Crippen LogP contribution in [-0.4, -0.2) is 17.8 Å². The van der Waals surface area contributed by atoms with Crippen LogP contribution in [0.1, 0.15) is 32.4 Å². The van der Waals surface area contributed by atoms with Crippen molar-refractivity contribution in [3.05, 3.63) is 34.3 Å². The van der Waals surface area contributed by atoms with Gasteiger partial charge in [0.05, 0.1) is 0 Å². The average Bonchev–Trinajstić information content (AvgIpc) is 2.28. The highest BCUT2D eigenvalue weighted by atomic mass is 79.9. The maximum Gasteiger partial charge on any atom is 0.0471 e. The Morgan fingerprint density at radius 1 is 1.19 bits per heavy atom. The summed E-state index contributed by atoms with van der Waals surface area (Å²) in [6, 6.07) is 8.93. The molecule has 2 nitrogen and oxygen atoms in total. The summed E-state index contributed by atoms with van der Waals surface area (Å²) >= 11 is 3.43. The minimum Gasteiger partial charge on any atom is -0.396 e. The highest BCUT2D eigenvalue weighted by Gasteiger charge is 2.14. The average molecular weight is 286 g/mol. The summed E-state index contributed by atoms with van der Waals surface area (Å²) in [6.07, 6.45) is 0. The maximum atomic E-state index is 9.08. The zero-order valence-electron chi connectivity index (χ0n) is 10.1. The van der Waals surface area contributed by atoms with Gasteiger partial charge in [0, 0.05) is 23.2 Å². The molecule has 3 heteroatoms. The van der Waals surface area contributed by atoms with Crippen molar-refractivity contribution >= 4 is 15.9 Å². The molecular weight excluding hydrogens is 266 g/mol. The van der Waals surface area contributed by atoms with Gasteiger partial charge < -0.3 is 10.4 Å². The molecule has 0 saturated carbocycles. The normalized spacial score (nSPS) is 16.8. The van der Waals surface area contributed by atoms with Crippen LogP contribution >= 0.6 is 15.9 Å². The summed E-state index contributed by atoms with van der Waals surface area (Å²) in [5, 5.41) is 12.6. The first-order chi connectivity index (χ1) is 7.54. The van der Waals surface area contributed by atoms with Gasteiger partial charge in [-0.3, -0.25) is 0 Å². The Bertz CT molecular complexity index is 312. The third-order valence-corrected chi connectivity index (χ3v) is 3.55. The van der Waals surface area contributed by atoms with Crippen LogP contribution in [0.3, 0.4) is 0 Å². The van der Waals surface area contributed by atoms with Crippen molar-refractivity contribution in [2.75, 3.05) is 6.61 Å². The van der Waals surface area contributed by atoms with Crippen LogP contribution in [0, 0.1) is 5.92 Å². The molecule has 90 valence electrons. The zero-order valence-corrected chi connectivity index (χ0v) is 11.7. The topological polar surface area (TPSA) is 32.3 Å². The van der Waals surface area contributed by atoms with Gasteiger partial charge in [-0.25, -0.2) is 0 Å². The van der Waals surface area contributed by atoms with Crippen LogP contribution in [0.25, 0.3) is 0 Å². The van der Waals surface area contributed by atoms with Gasteiger partial charge in [-0.1, -0.05) is 35.0 Å². The van der Waals surface area contributed by atoms with E-state index < -0.39 is 0 Å². The lowest BCUT2D eigenvalue weighted by molar-refractivity contribution is 0.202. The molecule has 0 aliphatic carbocycles. The molecule has 2 N–H and O–H groups in total. The molecule has 3 unspecified atom stereocenters. The Morgan fingerprint density at radius 3 is 2.25 bits per heavy atom. The van der Waals surface area contributed by atoms with Crippen molar-refractivity contribution in [2.45, 2.75) is 32.9 Å². The van der Waals surface area contributed by atoms with Gasteiger partial charge in [0.1, 0.15) is 0 Å². The first-order valence-corrected chi connectivity index (χ1v) is 6.46. The van der Waals surface area contributed by atoms with Gasteiger partial charge in [0.15, 0.2) is 0 Å². The van der Waals surface area contributed by atoms with E-state index in [0.29, 0.717) is 12.1 Å². The molecule has 16 heavy (non-hydrogen) atoms. The van der Waals surface area contributed by atoms with Crippen LogP contribution in [0.5, 0.6) is 0 Å². The number of hydrogen-bond donors (Lipinski definition) is 2. The summed E-state index contributed by atoms with van der Waals surface area (Å²) in [5.74, 6) is 0.276. The van der Waals surface area contributed by atoms with Crippen molar-refractivity contribution in [1.82, 2.24) is 5.32 Å². The first-order valence-electron chi connectivity index (χ1n) is 5.67. The van der Waals surface area contributed by atoms with Gasteiger partial charge in [-0.05, 0) is 37.5 Å². The molecule has 0 amide bonds. The molecule has 0 fully saturated rings. The standard InChI is InChI=1S/C13H20BrNO/c1-9(8-16)10(2)15-11(3)12-4-6-13(14)7-5-12/h4-7,9-11,15-16H,8H2,1-3H3. The molecule has 0 aromatic heterocycles. The van der Waals surface area contributed by atoms with Gasteiger partial charge in [-0.2, -0.15) is 0 Å². The molecule has 0 heterocycles. The molecule has 0 bridgehead atoms. The minimum atomic E-state index is 0.223. The molecule has 1 rings (SSSR count). The quantitative estimate of drug-likeness (QED) is 0.871. The lowest BCUT2D eigenvalue weighted by Gasteiger charge is -2.24. The number of nitrogens with one attached hydrogen (secondary N) is 1. The Hall–Kier alpha value is -0.380. The van der Waals surface area contributed by atoms with Crippen LogP contribution in [0.15, 0.2) is 28.7 Å². The molecule has 0 saturated heterocycles.